The number of aromatic nitrogens is 3. The Kier molecular flexibility index (Phi) is 3.46. The zero-order valence-corrected chi connectivity index (χ0v) is 12.1. The molecule has 22 heavy (non-hydrogen) atoms. The van der Waals surface area contributed by atoms with Crippen LogP contribution < -0.4 is 5.56 Å². The lowest BCUT2D eigenvalue weighted by Crippen LogP contribution is -2.23. The minimum atomic E-state index is -0.618. The van der Waals surface area contributed by atoms with E-state index in [1.54, 1.807) is 37.3 Å². The van der Waals surface area contributed by atoms with Crippen molar-refractivity contribution in [2.24, 2.45) is 7.05 Å². The van der Waals surface area contributed by atoms with E-state index in [1.807, 2.05) is 0 Å². The van der Waals surface area contributed by atoms with E-state index in [0.29, 0.717) is 22.2 Å². The van der Waals surface area contributed by atoms with Crippen LogP contribution in [0.1, 0.15) is 21.9 Å². The summed E-state index contributed by atoms with van der Waals surface area (Å²) in [7, 11) is 1.49. The van der Waals surface area contributed by atoms with Gasteiger partial charge in [-0.1, -0.05) is 23.4 Å². The van der Waals surface area contributed by atoms with Crippen LogP contribution in [0, 0.1) is 6.92 Å². The predicted octanol–water partition coefficient (Wildman–Crippen LogP) is 1.59. The average Bonchev–Trinajstić information content (AvgIpc) is 2.94. The van der Waals surface area contributed by atoms with Crippen LogP contribution in [0.4, 0.5) is 0 Å². The highest BCUT2D eigenvalue weighted by Gasteiger charge is 2.17. The molecule has 0 radical (unpaired) electrons. The summed E-state index contributed by atoms with van der Waals surface area (Å²) in [6.45, 7) is 1.73. The fraction of sp³-hybridized carbons (Fsp3) is 0.200. The van der Waals surface area contributed by atoms with Gasteiger partial charge in [-0.05, 0) is 13.0 Å². The summed E-state index contributed by atoms with van der Waals surface area (Å²) in [5, 5.41) is 8.64. The number of carbonyl (C=O) groups is 1. The van der Waals surface area contributed by atoms with Gasteiger partial charge in [0.2, 0.25) is 0 Å². The van der Waals surface area contributed by atoms with Gasteiger partial charge >= 0.3 is 5.97 Å². The molecule has 0 saturated heterocycles. The van der Waals surface area contributed by atoms with Crippen LogP contribution in [0.5, 0.6) is 0 Å². The van der Waals surface area contributed by atoms with Crippen molar-refractivity contribution in [2.75, 3.05) is 0 Å². The molecule has 0 amide bonds. The Morgan fingerprint density at radius 1 is 1.32 bits per heavy atom. The van der Waals surface area contributed by atoms with Crippen molar-refractivity contribution < 1.29 is 14.1 Å². The molecule has 2 heterocycles. The van der Waals surface area contributed by atoms with Crippen molar-refractivity contribution in [1.29, 1.82) is 0 Å². The maximum Gasteiger partial charge on any atom is 0.359 e. The molecule has 0 unspecified atom stereocenters. The Labute approximate surface area is 125 Å². The standard InChI is InChI=1S/C15H13N3O4/c1-9-7-10(17-22-9)8-21-15(20)13-11-5-3-4-6-12(11)14(19)18(2)16-13/h3-7H,8H2,1-2H3. The maximum absolute atomic E-state index is 12.2. The maximum atomic E-state index is 12.2. The lowest BCUT2D eigenvalue weighted by molar-refractivity contribution is 0.0457. The molecule has 2 aromatic heterocycles. The molecule has 0 fully saturated rings. The molecule has 0 saturated carbocycles. The highest BCUT2D eigenvalue weighted by Crippen LogP contribution is 2.14. The third-order valence-electron chi connectivity index (χ3n) is 3.18. The molecule has 7 nitrogen and oxygen atoms in total. The molecular weight excluding hydrogens is 286 g/mol. The van der Waals surface area contributed by atoms with Crippen molar-refractivity contribution in [3.63, 3.8) is 0 Å². The number of fused-ring (bicyclic) bond motifs is 1. The Hall–Kier alpha value is -2.96. The van der Waals surface area contributed by atoms with Crippen molar-refractivity contribution in [1.82, 2.24) is 14.9 Å². The van der Waals surface area contributed by atoms with Gasteiger partial charge in [0, 0.05) is 18.5 Å². The first-order valence-electron chi connectivity index (χ1n) is 6.61. The Morgan fingerprint density at radius 2 is 2.05 bits per heavy atom. The Morgan fingerprint density at radius 3 is 2.73 bits per heavy atom. The van der Waals surface area contributed by atoms with Crippen LogP contribution in [0.2, 0.25) is 0 Å². The monoisotopic (exact) mass is 299 g/mol. The minimum absolute atomic E-state index is 0.0188. The fourth-order valence-corrected chi connectivity index (χ4v) is 2.14. The number of esters is 1. The number of rotatable bonds is 3. The minimum Gasteiger partial charge on any atom is -0.454 e. The second kappa shape index (κ2) is 5.44. The van der Waals surface area contributed by atoms with Crippen LogP contribution in [0.15, 0.2) is 39.6 Å². The summed E-state index contributed by atoms with van der Waals surface area (Å²) in [4.78, 5) is 24.3. The highest BCUT2D eigenvalue weighted by molar-refractivity contribution is 6.02. The second-order valence-electron chi connectivity index (χ2n) is 4.83. The fourth-order valence-electron chi connectivity index (χ4n) is 2.14. The van der Waals surface area contributed by atoms with Gasteiger partial charge < -0.3 is 9.26 Å². The SMILES string of the molecule is Cc1cc(COC(=O)c2nn(C)c(=O)c3ccccc23)no1. The molecule has 0 bridgehead atoms. The summed E-state index contributed by atoms with van der Waals surface area (Å²) < 4.78 is 11.2. The van der Waals surface area contributed by atoms with Gasteiger partial charge in [0.1, 0.15) is 18.1 Å². The van der Waals surface area contributed by atoms with Gasteiger partial charge in [-0.3, -0.25) is 4.79 Å². The van der Waals surface area contributed by atoms with E-state index >= 15 is 0 Å². The summed E-state index contributed by atoms with van der Waals surface area (Å²) in [6, 6.07) is 8.47. The van der Waals surface area contributed by atoms with Crippen LogP contribution in [0.25, 0.3) is 10.8 Å². The third kappa shape index (κ3) is 2.48. The van der Waals surface area contributed by atoms with Gasteiger partial charge in [-0.2, -0.15) is 5.10 Å². The van der Waals surface area contributed by atoms with E-state index in [9.17, 15) is 9.59 Å². The first kappa shape index (κ1) is 14.0. The van der Waals surface area contributed by atoms with E-state index in [1.165, 1.54) is 7.05 Å². The zero-order chi connectivity index (χ0) is 15.7. The lowest BCUT2D eigenvalue weighted by Gasteiger charge is -2.07. The molecule has 0 N–H and O–H groups in total. The first-order valence-corrected chi connectivity index (χ1v) is 6.61. The summed E-state index contributed by atoms with van der Waals surface area (Å²) in [6.07, 6.45) is 0. The van der Waals surface area contributed by atoms with Crippen molar-refractivity contribution in [3.05, 3.63) is 57.8 Å². The van der Waals surface area contributed by atoms with Crippen LogP contribution >= 0.6 is 0 Å². The van der Waals surface area contributed by atoms with Gasteiger partial charge in [-0.15, -0.1) is 0 Å². The number of hydrogen-bond acceptors (Lipinski definition) is 6. The van der Waals surface area contributed by atoms with Gasteiger partial charge in [0.05, 0.1) is 5.39 Å². The highest BCUT2D eigenvalue weighted by atomic mass is 16.5. The molecule has 7 heteroatoms. The Bertz CT molecular complexity index is 911. The van der Waals surface area contributed by atoms with Crippen LogP contribution in [-0.2, 0) is 18.4 Å². The van der Waals surface area contributed by atoms with Gasteiger partial charge in [0.15, 0.2) is 5.69 Å². The molecule has 0 aliphatic rings. The number of ether oxygens (including phenoxy) is 1. The molecular formula is C15H13N3O4. The molecule has 3 rings (SSSR count). The van der Waals surface area contributed by atoms with E-state index in [0.717, 1.165) is 4.68 Å². The topological polar surface area (TPSA) is 87.2 Å². The van der Waals surface area contributed by atoms with Crippen LogP contribution in [0.3, 0.4) is 0 Å². The summed E-state index contributed by atoms with van der Waals surface area (Å²) in [5.41, 5.74) is 0.345. The van der Waals surface area contributed by atoms with Crippen LogP contribution in [-0.4, -0.2) is 20.9 Å². The van der Waals surface area contributed by atoms with E-state index in [4.69, 9.17) is 9.26 Å². The van der Waals surface area contributed by atoms with Crippen molar-refractivity contribution in [3.8, 4) is 0 Å². The van der Waals surface area contributed by atoms with E-state index in [-0.39, 0.29) is 17.9 Å². The summed E-state index contributed by atoms with van der Waals surface area (Å²) >= 11 is 0. The number of hydrogen-bond donors (Lipinski definition) is 0. The summed E-state index contributed by atoms with van der Waals surface area (Å²) in [5.74, 6) is 0.0178. The Balaban J connectivity index is 1.94. The quantitative estimate of drug-likeness (QED) is 0.682. The van der Waals surface area contributed by atoms with E-state index < -0.39 is 5.97 Å². The molecule has 0 atom stereocenters. The first-order chi connectivity index (χ1) is 10.6. The van der Waals surface area contributed by atoms with Gasteiger partial charge in [0.25, 0.3) is 5.56 Å². The average molecular weight is 299 g/mol. The number of aryl methyl sites for hydroxylation is 2. The van der Waals surface area contributed by atoms with Crippen molar-refractivity contribution in [2.45, 2.75) is 13.5 Å². The molecule has 0 aliphatic carbocycles. The van der Waals surface area contributed by atoms with Gasteiger partial charge in [-0.25, -0.2) is 9.48 Å². The molecule has 0 aliphatic heterocycles. The smallest absolute Gasteiger partial charge is 0.359 e. The molecule has 112 valence electrons. The van der Waals surface area contributed by atoms with E-state index in [2.05, 4.69) is 10.3 Å². The predicted molar refractivity (Wildman–Crippen MR) is 77.3 cm³/mol. The number of benzene rings is 1. The third-order valence-corrected chi connectivity index (χ3v) is 3.18. The molecule has 1 aromatic carbocycles. The largest absolute Gasteiger partial charge is 0.454 e. The zero-order valence-electron chi connectivity index (χ0n) is 12.1. The molecule has 0 spiro atoms. The molecule has 3 aromatic rings. The number of nitrogens with zero attached hydrogens (tertiary/aromatic N) is 3. The van der Waals surface area contributed by atoms with Crippen molar-refractivity contribution >= 4 is 16.7 Å². The lowest BCUT2D eigenvalue weighted by atomic mass is 10.1. The second-order valence-corrected chi connectivity index (χ2v) is 4.83. The normalized spacial score (nSPS) is 10.8. The number of carbonyl (C=O) groups excluding carboxylic acids is 1.